The number of amides is 2. The van der Waals surface area contributed by atoms with Gasteiger partial charge in [0.2, 0.25) is 16.9 Å². The third kappa shape index (κ3) is 5.01. The molecule has 2 rings (SSSR count). The molecule has 0 saturated carbocycles. The lowest BCUT2D eigenvalue weighted by molar-refractivity contribution is -0.127. The number of hydrogen-bond acceptors (Lipinski definition) is 6. The highest BCUT2D eigenvalue weighted by atomic mass is 32.1. The summed E-state index contributed by atoms with van der Waals surface area (Å²) in [6, 6.07) is 6.87. The molecule has 140 valence electrons. The number of ether oxygens (including phenoxy) is 1. The van der Waals surface area contributed by atoms with Gasteiger partial charge in [0.25, 0.3) is 0 Å². The molecule has 0 aliphatic rings. The Morgan fingerprint density at radius 2 is 2.04 bits per heavy atom. The number of anilines is 1. The molecule has 0 saturated heterocycles. The van der Waals surface area contributed by atoms with Crippen LogP contribution in [0.3, 0.4) is 0 Å². The van der Waals surface area contributed by atoms with Gasteiger partial charge < -0.3 is 10.1 Å². The van der Waals surface area contributed by atoms with Gasteiger partial charge in [-0.3, -0.25) is 14.9 Å². The van der Waals surface area contributed by atoms with Gasteiger partial charge in [-0.05, 0) is 18.1 Å². The predicted molar refractivity (Wildman–Crippen MR) is 102 cm³/mol. The van der Waals surface area contributed by atoms with Gasteiger partial charge in [0.15, 0.2) is 0 Å². The van der Waals surface area contributed by atoms with E-state index in [0.29, 0.717) is 16.6 Å². The summed E-state index contributed by atoms with van der Waals surface area (Å²) in [6.45, 7) is 5.67. The third-order valence-corrected chi connectivity index (χ3v) is 4.99. The fourth-order valence-corrected chi connectivity index (χ4v) is 3.05. The van der Waals surface area contributed by atoms with E-state index < -0.39 is 6.04 Å². The van der Waals surface area contributed by atoms with E-state index in [0.717, 1.165) is 17.7 Å². The number of carbonyl (C=O) groups is 2. The molecule has 0 fully saturated rings. The van der Waals surface area contributed by atoms with E-state index in [-0.39, 0.29) is 17.7 Å². The molecule has 2 atom stereocenters. The summed E-state index contributed by atoms with van der Waals surface area (Å²) in [4.78, 5) is 24.3. The van der Waals surface area contributed by atoms with Gasteiger partial charge in [-0.1, -0.05) is 50.7 Å². The minimum absolute atomic E-state index is 0.0104. The first-order chi connectivity index (χ1) is 12.5. The van der Waals surface area contributed by atoms with Crippen LogP contribution in [-0.4, -0.2) is 35.2 Å². The molecular weight excluding hydrogens is 352 g/mol. The summed E-state index contributed by atoms with van der Waals surface area (Å²) in [7, 11) is 1.60. The van der Waals surface area contributed by atoms with Gasteiger partial charge in [-0.25, -0.2) is 0 Å². The summed E-state index contributed by atoms with van der Waals surface area (Å²) in [5, 5.41) is 14.8. The van der Waals surface area contributed by atoms with E-state index in [1.54, 1.807) is 14.0 Å². The van der Waals surface area contributed by atoms with Crippen molar-refractivity contribution in [3.05, 3.63) is 24.3 Å². The van der Waals surface area contributed by atoms with Crippen molar-refractivity contribution in [2.45, 2.75) is 39.7 Å². The van der Waals surface area contributed by atoms with Crippen LogP contribution in [0.25, 0.3) is 10.6 Å². The lowest BCUT2D eigenvalue weighted by atomic mass is 9.98. The Bertz CT molecular complexity index is 762. The highest BCUT2D eigenvalue weighted by molar-refractivity contribution is 7.18. The smallest absolute Gasteiger partial charge is 0.249 e. The van der Waals surface area contributed by atoms with Crippen molar-refractivity contribution in [2.24, 2.45) is 5.92 Å². The lowest BCUT2D eigenvalue weighted by Crippen LogP contribution is -2.47. The second kappa shape index (κ2) is 9.28. The summed E-state index contributed by atoms with van der Waals surface area (Å²) in [5.74, 6) is 0.299. The topological polar surface area (TPSA) is 93.2 Å². The standard InChI is InChI=1S/C18H24N4O3S/c1-5-11(3)15(19-14(23)6-2)16(24)20-18-22-21-17(26-18)12-8-7-9-13(10-12)25-4/h7-11,15H,5-6H2,1-4H3,(H,19,23)(H,20,22,24). The second-order valence-electron chi connectivity index (χ2n) is 5.92. The van der Waals surface area contributed by atoms with Crippen molar-refractivity contribution in [1.29, 1.82) is 0 Å². The molecule has 26 heavy (non-hydrogen) atoms. The summed E-state index contributed by atoms with van der Waals surface area (Å²) >= 11 is 1.27. The molecule has 2 aromatic rings. The van der Waals surface area contributed by atoms with Crippen LogP contribution < -0.4 is 15.4 Å². The number of methoxy groups -OCH3 is 1. The fraction of sp³-hybridized carbons (Fsp3) is 0.444. The molecule has 0 spiro atoms. The molecule has 0 radical (unpaired) electrons. The Morgan fingerprint density at radius 1 is 1.27 bits per heavy atom. The SMILES string of the molecule is CCC(=O)NC(C(=O)Nc1nnc(-c2cccc(OC)c2)s1)C(C)CC. The minimum atomic E-state index is -0.600. The molecule has 1 heterocycles. The van der Waals surface area contributed by atoms with Crippen molar-refractivity contribution < 1.29 is 14.3 Å². The van der Waals surface area contributed by atoms with Crippen molar-refractivity contribution in [2.75, 3.05) is 12.4 Å². The van der Waals surface area contributed by atoms with Gasteiger partial charge in [0.05, 0.1) is 7.11 Å². The first kappa shape index (κ1) is 19.8. The molecule has 0 bridgehead atoms. The average Bonchev–Trinajstić information content (AvgIpc) is 3.13. The summed E-state index contributed by atoms with van der Waals surface area (Å²) in [5.41, 5.74) is 0.861. The Kier molecular flexibility index (Phi) is 7.08. The number of rotatable bonds is 8. The highest BCUT2D eigenvalue weighted by Crippen LogP contribution is 2.29. The molecule has 8 heteroatoms. The number of aromatic nitrogens is 2. The first-order valence-corrected chi connectivity index (χ1v) is 9.38. The Hall–Kier alpha value is -2.48. The van der Waals surface area contributed by atoms with Gasteiger partial charge in [-0.15, -0.1) is 10.2 Å². The Labute approximate surface area is 157 Å². The van der Waals surface area contributed by atoms with Crippen LogP contribution in [0.5, 0.6) is 5.75 Å². The van der Waals surface area contributed by atoms with Gasteiger partial charge in [-0.2, -0.15) is 0 Å². The normalized spacial score (nSPS) is 12.9. The quantitative estimate of drug-likeness (QED) is 0.738. The molecule has 0 aliphatic carbocycles. The maximum atomic E-state index is 12.6. The van der Waals surface area contributed by atoms with Gasteiger partial charge in [0.1, 0.15) is 16.8 Å². The Balaban J connectivity index is 2.12. The van der Waals surface area contributed by atoms with Gasteiger partial charge >= 0.3 is 0 Å². The zero-order chi connectivity index (χ0) is 19.1. The van der Waals surface area contributed by atoms with E-state index in [1.807, 2.05) is 38.1 Å². The molecule has 0 aliphatic heterocycles. The third-order valence-electron chi connectivity index (χ3n) is 4.10. The van der Waals surface area contributed by atoms with Crippen molar-refractivity contribution in [3.8, 4) is 16.3 Å². The zero-order valence-corrected chi connectivity index (χ0v) is 16.2. The van der Waals surface area contributed by atoms with Crippen LogP contribution in [0.15, 0.2) is 24.3 Å². The molecule has 2 N–H and O–H groups in total. The van der Waals surface area contributed by atoms with Crippen LogP contribution in [0.2, 0.25) is 0 Å². The van der Waals surface area contributed by atoms with E-state index in [9.17, 15) is 9.59 Å². The largest absolute Gasteiger partial charge is 0.497 e. The zero-order valence-electron chi connectivity index (χ0n) is 15.4. The molecule has 2 amide bonds. The van der Waals surface area contributed by atoms with Gasteiger partial charge in [0, 0.05) is 12.0 Å². The molecular formula is C18H24N4O3S. The first-order valence-electron chi connectivity index (χ1n) is 8.56. The maximum Gasteiger partial charge on any atom is 0.249 e. The number of nitrogens with zero attached hydrogens (tertiary/aromatic N) is 2. The van der Waals surface area contributed by atoms with Crippen LogP contribution in [-0.2, 0) is 9.59 Å². The minimum Gasteiger partial charge on any atom is -0.497 e. The number of benzene rings is 1. The van der Waals surface area contributed by atoms with E-state index >= 15 is 0 Å². The fourth-order valence-electron chi connectivity index (χ4n) is 2.31. The molecule has 7 nitrogen and oxygen atoms in total. The summed E-state index contributed by atoms with van der Waals surface area (Å²) < 4.78 is 5.21. The van der Waals surface area contributed by atoms with Crippen LogP contribution in [0, 0.1) is 5.92 Å². The van der Waals surface area contributed by atoms with Crippen LogP contribution >= 0.6 is 11.3 Å². The number of carbonyl (C=O) groups excluding carboxylic acids is 2. The van der Waals surface area contributed by atoms with E-state index in [4.69, 9.17) is 4.74 Å². The lowest BCUT2D eigenvalue weighted by Gasteiger charge is -2.22. The van der Waals surface area contributed by atoms with Crippen molar-refractivity contribution >= 4 is 28.3 Å². The monoisotopic (exact) mass is 376 g/mol. The molecule has 2 unspecified atom stereocenters. The maximum absolute atomic E-state index is 12.6. The van der Waals surface area contributed by atoms with Crippen molar-refractivity contribution in [1.82, 2.24) is 15.5 Å². The Morgan fingerprint density at radius 3 is 2.69 bits per heavy atom. The van der Waals surface area contributed by atoms with Crippen LogP contribution in [0.4, 0.5) is 5.13 Å². The average molecular weight is 376 g/mol. The van der Waals surface area contributed by atoms with E-state index in [1.165, 1.54) is 11.3 Å². The molecule has 1 aromatic carbocycles. The predicted octanol–water partition coefficient (Wildman–Crippen LogP) is 3.09. The van der Waals surface area contributed by atoms with E-state index in [2.05, 4.69) is 20.8 Å². The second-order valence-corrected chi connectivity index (χ2v) is 6.90. The number of nitrogens with one attached hydrogen (secondary N) is 2. The van der Waals surface area contributed by atoms with Crippen molar-refractivity contribution in [3.63, 3.8) is 0 Å². The summed E-state index contributed by atoms with van der Waals surface area (Å²) in [6.07, 6.45) is 1.10. The van der Waals surface area contributed by atoms with Crippen LogP contribution in [0.1, 0.15) is 33.6 Å². The number of hydrogen-bond donors (Lipinski definition) is 2. The highest BCUT2D eigenvalue weighted by Gasteiger charge is 2.26. The molecule has 1 aromatic heterocycles.